The number of rotatable bonds is 1. The quantitative estimate of drug-likeness (QED) is 0.636. The van der Waals surface area contributed by atoms with Gasteiger partial charge in [-0.15, -0.1) is 0 Å². The van der Waals surface area contributed by atoms with Gasteiger partial charge in [0.25, 0.3) is 6.43 Å². The van der Waals surface area contributed by atoms with Crippen LogP contribution in [0.1, 0.15) is 12.0 Å². The lowest BCUT2D eigenvalue weighted by molar-refractivity contribution is 0.145. The van der Waals surface area contributed by atoms with Crippen LogP contribution in [0.4, 0.5) is 18.9 Å². The molecule has 0 saturated carbocycles. The van der Waals surface area contributed by atoms with E-state index >= 15 is 0 Å². The van der Waals surface area contributed by atoms with Crippen LogP contribution in [0.3, 0.4) is 0 Å². The van der Waals surface area contributed by atoms with Crippen LogP contribution >= 0.6 is 22.6 Å². The Bertz CT molecular complexity index is 303. The van der Waals surface area contributed by atoms with Gasteiger partial charge in [-0.1, -0.05) is 0 Å². The van der Waals surface area contributed by atoms with Crippen molar-refractivity contribution in [1.82, 2.24) is 4.98 Å². The van der Waals surface area contributed by atoms with E-state index < -0.39 is 17.9 Å². The second-order valence-corrected chi connectivity index (χ2v) is 3.07. The molecular formula is C6H4F3IN2. The van der Waals surface area contributed by atoms with Crippen molar-refractivity contribution in [3.05, 3.63) is 21.3 Å². The molecule has 0 bridgehead atoms. The van der Waals surface area contributed by atoms with E-state index in [9.17, 15) is 13.2 Å². The first-order valence-electron chi connectivity index (χ1n) is 2.92. The highest BCUT2D eigenvalue weighted by atomic mass is 127. The fourth-order valence-corrected chi connectivity index (χ4v) is 1.02. The minimum Gasteiger partial charge on any atom is -0.397 e. The van der Waals surface area contributed by atoms with E-state index in [0.29, 0.717) is 0 Å². The first-order valence-corrected chi connectivity index (χ1v) is 4.00. The Morgan fingerprint density at radius 1 is 1.50 bits per heavy atom. The van der Waals surface area contributed by atoms with Crippen LogP contribution in [0.2, 0.25) is 0 Å². The monoisotopic (exact) mass is 288 g/mol. The van der Waals surface area contributed by atoms with E-state index in [1.54, 1.807) is 22.6 Å². The summed E-state index contributed by atoms with van der Waals surface area (Å²) >= 11 is 1.67. The molecule has 1 aromatic heterocycles. The lowest BCUT2D eigenvalue weighted by Gasteiger charge is -2.03. The second kappa shape index (κ2) is 3.46. The zero-order valence-corrected chi connectivity index (χ0v) is 7.85. The molecule has 6 heteroatoms. The van der Waals surface area contributed by atoms with Crippen LogP contribution in [-0.2, 0) is 0 Å². The van der Waals surface area contributed by atoms with Gasteiger partial charge in [-0.2, -0.15) is 4.39 Å². The molecule has 1 heterocycles. The third-order valence-electron chi connectivity index (χ3n) is 1.22. The van der Waals surface area contributed by atoms with Crippen LogP contribution in [0, 0.1) is 9.65 Å². The molecule has 0 fully saturated rings. The second-order valence-electron chi connectivity index (χ2n) is 2.05. The molecule has 2 nitrogen and oxygen atoms in total. The fourth-order valence-electron chi connectivity index (χ4n) is 0.655. The Morgan fingerprint density at radius 2 is 2.08 bits per heavy atom. The van der Waals surface area contributed by atoms with E-state index in [-0.39, 0.29) is 9.39 Å². The van der Waals surface area contributed by atoms with Gasteiger partial charge in [-0.05, 0) is 28.7 Å². The number of nitrogens with zero attached hydrogens (tertiary/aromatic N) is 1. The number of nitrogens with two attached hydrogens (primary N) is 1. The summed E-state index contributed by atoms with van der Waals surface area (Å²) in [5.41, 5.74) is 4.56. The highest BCUT2D eigenvalue weighted by Gasteiger charge is 2.16. The first kappa shape index (κ1) is 9.56. The molecule has 0 aliphatic carbocycles. The van der Waals surface area contributed by atoms with E-state index in [2.05, 4.69) is 4.98 Å². The normalized spacial score (nSPS) is 10.8. The summed E-state index contributed by atoms with van der Waals surface area (Å²) in [6.07, 6.45) is -2.88. The van der Waals surface area contributed by atoms with Crippen molar-refractivity contribution in [3.63, 3.8) is 0 Å². The van der Waals surface area contributed by atoms with Crippen LogP contribution in [0.5, 0.6) is 0 Å². The van der Waals surface area contributed by atoms with Gasteiger partial charge < -0.3 is 5.73 Å². The summed E-state index contributed by atoms with van der Waals surface area (Å²) in [6, 6.07) is 0.898. The van der Waals surface area contributed by atoms with Gasteiger partial charge in [0.2, 0.25) is 5.95 Å². The topological polar surface area (TPSA) is 38.9 Å². The van der Waals surface area contributed by atoms with Gasteiger partial charge in [-0.3, -0.25) is 0 Å². The predicted octanol–water partition coefficient (Wildman–Crippen LogP) is 2.35. The van der Waals surface area contributed by atoms with Crippen LogP contribution in [0.15, 0.2) is 6.07 Å². The number of hydrogen-bond donors (Lipinski definition) is 1. The molecule has 0 aromatic carbocycles. The Labute approximate surface area is 80.1 Å². The van der Waals surface area contributed by atoms with Gasteiger partial charge in [0, 0.05) is 0 Å². The number of aromatic nitrogens is 1. The third kappa shape index (κ3) is 1.79. The summed E-state index contributed by atoms with van der Waals surface area (Å²) in [5, 5.41) is 0. The Balaban J connectivity index is 3.23. The van der Waals surface area contributed by atoms with E-state index in [0.717, 1.165) is 6.07 Å². The molecule has 2 N–H and O–H groups in total. The van der Waals surface area contributed by atoms with Crippen molar-refractivity contribution in [2.45, 2.75) is 6.43 Å². The van der Waals surface area contributed by atoms with Crippen LogP contribution in [-0.4, -0.2) is 4.98 Å². The van der Waals surface area contributed by atoms with E-state index in [1.165, 1.54) is 0 Å². The molecule has 0 spiro atoms. The summed E-state index contributed by atoms with van der Waals surface area (Å²) in [5.74, 6) is -1.16. The number of hydrogen-bond acceptors (Lipinski definition) is 2. The van der Waals surface area contributed by atoms with Crippen molar-refractivity contribution in [2.75, 3.05) is 5.73 Å². The van der Waals surface area contributed by atoms with Gasteiger partial charge in [0.1, 0.15) is 3.70 Å². The molecule has 0 saturated heterocycles. The molecule has 0 unspecified atom stereocenters. The maximum Gasteiger partial charge on any atom is 0.268 e. The minimum atomic E-state index is -2.88. The molecule has 1 rings (SSSR count). The minimum absolute atomic E-state index is 0.0623. The molecule has 0 aliphatic rings. The zero-order valence-electron chi connectivity index (χ0n) is 5.69. The molecule has 0 amide bonds. The van der Waals surface area contributed by atoms with Crippen molar-refractivity contribution in [2.24, 2.45) is 0 Å². The van der Waals surface area contributed by atoms with Gasteiger partial charge >= 0.3 is 0 Å². The molecule has 0 aliphatic heterocycles. The number of pyridine rings is 1. The largest absolute Gasteiger partial charge is 0.397 e. The summed E-state index contributed by atoms with van der Waals surface area (Å²) in [7, 11) is 0. The maximum absolute atomic E-state index is 12.6. The SMILES string of the molecule is Nc1cc(C(F)F)c(F)nc1I. The lowest BCUT2D eigenvalue weighted by Crippen LogP contribution is -2.01. The highest BCUT2D eigenvalue weighted by Crippen LogP contribution is 2.24. The van der Waals surface area contributed by atoms with Crippen LogP contribution in [0.25, 0.3) is 0 Å². The number of halogens is 4. The molecular weight excluding hydrogens is 284 g/mol. The van der Waals surface area contributed by atoms with Crippen molar-refractivity contribution >= 4 is 28.3 Å². The lowest BCUT2D eigenvalue weighted by atomic mass is 10.3. The molecule has 0 radical (unpaired) electrons. The zero-order chi connectivity index (χ0) is 9.30. The fraction of sp³-hybridized carbons (Fsp3) is 0.167. The Morgan fingerprint density at radius 3 is 2.58 bits per heavy atom. The number of nitrogen functional groups attached to an aromatic ring is 1. The predicted molar refractivity (Wildman–Crippen MR) is 46.3 cm³/mol. The molecule has 1 aromatic rings. The summed E-state index contributed by atoms with van der Waals surface area (Å²) < 4.78 is 36.8. The van der Waals surface area contributed by atoms with Gasteiger partial charge in [0.15, 0.2) is 0 Å². The molecule has 0 atom stereocenters. The third-order valence-corrected chi connectivity index (χ3v) is 2.08. The molecule has 12 heavy (non-hydrogen) atoms. The standard InChI is InChI=1S/C6H4F3IN2/c7-4(8)2-1-3(11)6(10)12-5(2)9/h1,4H,11H2. The highest BCUT2D eigenvalue weighted by molar-refractivity contribution is 14.1. The van der Waals surface area contributed by atoms with Gasteiger partial charge in [0.05, 0.1) is 11.3 Å². The number of alkyl halides is 2. The number of anilines is 1. The average molecular weight is 288 g/mol. The average Bonchev–Trinajstić information content (AvgIpc) is 1.96. The van der Waals surface area contributed by atoms with Gasteiger partial charge in [-0.25, -0.2) is 13.8 Å². The summed E-state index contributed by atoms with van der Waals surface area (Å²) in [6.45, 7) is 0. The van der Waals surface area contributed by atoms with Crippen molar-refractivity contribution in [3.8, 4) is 0 Å². The maximum atomic E-state index is 12.6. The van der Waals surface area contributed by atoms with E-state index in [4.69, 9.17) is 5.73 Å². The van der Waals surface area contributed by atoms with Crippen molar-refractivity contribution < 1.29 is 13.2 Å². The summed E-state index contributed by atoms with van der Waals surface area (Å²) in [4.78, 5) is 3.21. The van der Waals surface area contributed by atoms with Crippen molar-refractivity contribution in [1.29, 1.82) is 0 Å². The Hall–Kier alpha value is -0.530. The smallest absolute Gasteiger partial charge is 0.268 e. The van der Waals surface area contributed by atoms with Crippen LogP contribution < -0.4 is 5.73 Å². The van der Waals surface area contributed by atoms with E-state index in [1.807, 2.05) is 0 Å². The first-order chi connectivity index (χ1) is 5.52. The molecule has 66 valence electrons. The Kier molecular flexibility index (Phi) is 2.76.